The lowest BCUT2D eigenvalue weighted by molar-refractivity contribution is -0.870. The summed E-state index contributed by atoms with van der Waals surface area (Å²) in [6.45, 7) is 7.19. The fraction of sp³-hybridized carbons (Fsp3) is 1.00. The Labute approximate surface area is 181 Å². The van der Waals surface area contributed by atoms with Crippen LogP contribution in [0.15, 0.2) is 0 Å². The molecule has 0 unspecified atom stereocenters. The van der Waals surface area contributed by atoms with Crippen molar-refractivity contribution in [1.29, 1.82) is 0 Å². The molecule has 0 spiro atoms. The Kier molecular flexibility index (Phi) is 21.7. The van der Waals surface area contributed by atoms with Crippen molar-refractivity contribution < 1.29 is 8.97 Å². The summed E-state index contributed by atoms with van der Waals surface area (Å²) in [7, 11) is 13.7. The monoisotopic (exact) mass is 400 g/mol. The van der Waals surface area contributed by atoms with Crippen molar-refractivity contribution in [3.63, 3.8) is 0 Å². The van der Waals surface area contributed by atoms with E-state index in [0.29, 0.717) is 0 Å². The molecule has 2 heteroatoms. The average molecular weight is 401 g/mol. The highest BCUT2D eigenvalue weighted by Gasteiger charge is 2.06. The Balaban J connectivity index is 0. The Hall–Kier alpha value is -0.0800. The zero-order valence-corrected chi connectivity index (χ0v) is 21.6. The number of hydrogen-bond donors (Lipinski definition) is 0. The van der Waals surface area contributed by atoms with Gasteiger partial charge in [0.15, 0.2) is 0 Å². The Morgan fingerprint density at radius 2 is 0.536 bits per heavy atom. The molecule has 0 aliphatic rings. The largest absolute Gasteiger partial charge is 0.331 e. The molecule has 2 nitrogen and oxygen atoms in total. The predicted octanol–water partition coefficient (Wildman–Crippen LogP) is 7.67. The molecule has 0 atom stereocenters. The highest BCUT2D eigenvalue weighted by Crippen LogP contribution is 2.10. The summed E-state index contributed by atoms with van der Waals surface area (Å²) in [6, 6.07) is 0. The van der Waals surface area contributed by atoms with E-state index in [1.54, 1.807) is 0 Å². The third-order valence-electron chi connectivity index (χ3n) is 5.36. The van der Waals surface area contributed by atoms with Gasteiger partial charge in [-0.1, -0.05) is 90.9 Å². The van der Waals surface area contributed by atoms with Crippen LogP contribution in [0.3, 0.4) is 0 Å². The van der Waals surface area contributed by atoms with E-state index < -0.39 is 0 Å². The zero-order valence-electron chi connectivity index (χ0n) is 21.6. The number of rotatable bonds is 18. The fourth-order valence-corrected chi connectivity index (χ4v) is 3.44. The first-order valence-electron chi connectivity index (χ1n) is 12.7. The minimum absolute atomic E-state index is 1.12. The summed E-state index contributed by atoms with van der Waals surface area (Å²) in [6.07, 6.45) is 22.9. The van der Waals surface area contributed by atoms with Gasteiger partial charge in [-0.25, -0.2) is 0 Å². The van der Waals surface area contributed by atoms with Crippen molar-refractivity contribution in [3.05, 3.63) is 0 Å². The molecular weight excluding hydrogens is 340 g/mol. The second kappa shape index (κ2) is 20.2. The quantitative estimate of drug-likeness (QED) is 0.163. The molecule has 28 heavy (non-hydrogen) atoms. The Bertz CT molecular complexity index is 256. The van der Waals surface area contributed by atoms with Crippen molar-refractivity contribution in [3.8, 4) is 0 Å². The molecule has 0 amide bonds. The van der Waals surface area contributed by atoms with Gasteiger partial charge in [0.2, 0.25) is 0 Å². The minimum Gasteiger partial charge on any atom is -0.331 e. The Morgan fingerprint density at radius 1 is 0.321 bits per heavy atom. The van der Waals surface area contributed by atoms with Crippen molar-refractivity contribution in [2.45, 2.75) is 117 Å². The SMILES string of the molecule is CCCCCCCCCC.C[N+](C)(C)CCCCCCCCCC[N+](C)(C)C. The topological polar surface area (TPSA) is 0 Å². The van der Waals surface area contributed by atoms with E-state index in [1.165, 1.54) is 116 Å². The van der Waals surface area contributed by atoms with Crippen molar-refractivity contribution in [1.82, 2.24) is 0 Å². The number of quaternary nitrogens is 2. The van der Waals surface area contributed by atoms with Crippen LogP contribution in [-0.4, -0.2) is 64.3 Å². The first-order valence-corrected chi connectivity index (χ1v) is 12.7. The van der Waals surface area contributed by atoms with E-state index in [-0.39, 0.29) is 0 Å². The van der Waals surface area contributed by atoms with Gasteiger partial charge >= 0.3 is 0 Å². The molecule has 0 N–H and O–H groups in total. The van der Waals surface area contributed by atoms with Crippen LogP contribution >= 0.6 is 0 Å². The van der Waals surface area contributed by atoms with E-state index in [0.717, 1.165) is 8.97 Å². The number of nitrogens with zero attached hydrogens (tertiary/aromatic N) is 2. The van der Waals surface area contributed by atoms with E-state index in [2.05, 4.69) is 56.1 Å². The molecule has 0 aromatic rings. The first kappa shape index (κ1) is 30.1. The molecular formula is C26H60N2+2. The van der Waals surface area contributed by atoms with Gasteiger partial charge in [0.1, 0.15) is 0 Å². The zero-order chi connectivity index (χ0) is 21.7. The molecule has 0 saturated carbocycles. The van der Waals surface area contributed by atoms with Crippen LogP contribution in [0.4, 0.5) is 0 Å². The smallest absolute Gasteiger partial charge is 0.0780 e. The maximum absolute atomic E-state index is 2.29. The van der Waals surface area contributed by atoms with Crippen LogP contribution in [0.5, 0.6) is 0 Å². The van der Waals surface area contributed by atoms with Crippen LogP contribution in [0.2, 0.25) is 0 Å². The normalized spacial score (nSPS) is 12.0. The molecule has 0 radical (unpaired) electrons. The standard InChI is InChI=1S/C16H38N2.C10H22/c1-17(2,3)15-13-11-9-7-8-10-12-14-16-18(4,5)6;1-3-5-7-9-10-8-6-4-2/h7-16H2,1-6H3;3-10H2,1-2H3/q+2;. The molecule has 0 rings (SSSR count). The van der Waals surface area contributed by atoms with E-state index in [4.69, 9.17) is 0 Å². The average Bonchev–Trinajstić information content (AvgIpc) is 2.58. The van der Waals surface area contributed by atoms with Crippen LogP contribution in [-0.2, 0) is 0 Å². The van der Waals surface area contributed by atoms with Gasteiger partial charge in [0.05, 0.1) is 55.4 Å². The fourth-order valence-electron chi connectivity index (χ4n) is 3.44. The highest BCUT2D eigenvalue weighted by atomic mass is 15.3. The summed E-state index contributed by atoms with van der Waals surface area (Å²) in [5.41, 5.74) is 0. The lowest BCUT2D eigenvalue weighted by Crippen LogP contribution is -2.35. The van der Waals surface area contributed by atoms with Gasteiger partial charge in [-0.15, -0.1) is 0 Å². The molecule has 0 aliphatic carbocycles. The third-order valence-corrected chi connectivity index (χ3v) is 5.36. The van der Waals surface area contributed by atoms with Crippen LogP contribution in [0.25, 0.3) is 0 Å². The molecule has 0 bridgehead atoms. The molecule has 0 aromatic heterocycles. The predicted molar refractivity (Wildman–Crippen MR) is 131 cm³/mol. The summed E-state index contributed by atoms with van der Waals surface area (Å²) in [4.78, 5) is 0. The van der Waals surface area contributed by atoms with Crippen LogP contribution < -0.4 is 0 Å². The lowest BCUT2D eigenvalue weighted by Gasteiger charge is -2.23. The van der Waals surface area contributed by atoms with Gasteiger partial charge in [-0.2, -0.15) is 0 Å². The minimum atomic E-state index is 1.12. The molecule has 0 heterocycles. The maximum atomic E-state index is 2.29. The second-order valence-corrected chi connectivity index (χ2v) is 11.0. The first-order chi connectivity index (χ1) is 13.1. The summed E-state index contributed by atoms with van der Waals surface area (Å²) >= 11 is 0. The lowest BCUT2D eigenvalue weighted by atomic mass is 10.1. The van der Waals surface area contributed by atoms with Crippen LogP contribution in [0, 0.1) is 0 Å². The maximum Gasteiger partial charge on any atom is 0.0780 e. The van der Waals surface area contributed by atoms with Crippen LogP contribution in [0.1, 0.15) is 117 Å². The molecule has 0 fully saturated rings. The molecule has 0 aliphatic heterocycles. The van der Waals surface area contributed by atoms with Crippen molar-refractivity contribution >= 4 is 0 Å². The number of hydrogen-bond acceptors (Lipinski definition) is 0. The van der Waals surface area contributed by atoms with E-state index >= 15 is 0 Å². The molecule has 0 saturated heterocycles. The summed E-state index contributed by atoms with van der Waals surface area (Å²) in [5, 5.41) is 0. The van der Waals surface area contributed by atoms with E-state index in [9.17, 15) is 0 Å². The highest BCUT2D eigenvalue weighted by molar-refractivity contribution is 4.47. The number of unbranched alkanes of at least 4 members (excludes halogenated alkanes) is 14. The second-order valence-electron chi connectivity index (χ2n) is 11.0. The van der Waals surface area contributed by atoms with Gasteiger partial charge < -0.3 is 8.97 Å². The van der Waals surface area contributed by atoms with Crippen molar-refractivity contribution in [2.24, 2.45) is 0 Å². The van der Waals surface area contributed by atoms with Gasteiger partial charge in [-0.3, -0.25) is 0 Å². The molecule has 172 valence electrons. The van der Waals surface area contributed by atoms with Gasteiger partial charge in [0, 0.05) is 0 Å². The summed E-state index contributed by atoms with van der Waals surface area (Å²) < 4.78 is 2.23. The molecule has 0 aromatic carbocycles. The van der Waals surface area contributed by atoms with Crippen molar-refractivity contribution in [2.75, 3.05) is 55.4 Å². The van der Waals surface area contributed by atoms with Gasteiger partial charge in [-0.05, 0) is 25.7 Å². The van der Waals surface area contributed by atoms with E-state index in [1.807, 2.05) is 0 Å². The third kappa shape index (κ3) is 33.5. The summed E-state index contributed by atoms with van der Waals surface area (Å²) in [5.74, 6) is 0. The Morgan fingerprint density at radius 3 is 0.750 bits per heavy atom. The van der Waals surface area contributed by atoms with Gasteiger partial charge in [0.25, 0.3) is 0 Å².